The fraction of sp³-hybridized carbons (Fsp3) is 0.423. The van der Waals surface area contributed by atoms with Gasteiger partial charge in [-0.3, -0.25) is 9.59 Å². The van der Waals surface area contributed by atoms with Crippen LogP contribution < -0.4 is 4.90 Å². The highest BCUT2D eigenvalue weighted by molar-refractivity contribution is 6.27. The minimum Gasteiger partial charge on any atom is -0.457 e. The number of fused-ring (bicyclic) bond motifs is 1. The van der Waals surface area contributed by atoms with Gasteiger partial charge in [0.15, 0.2) is 5.78 Å². The molecule has 6 nitrogen and oxygen atoms in total. The molecule has 34 heavy (non-hydrogen) atoms. The number of rotatable bonds is 8. The van der Waals surface area contributed by atoms with Crippen LogP contribution >= 0.6 is 23.2 Å². The molecule has 1 aromatic heterocycles. The number of aromatic nitrogens is 1. The maximum atomic E-state index is 13.0. The van der Waals surface area contributed by atoms with Crippen molar-refractivity contribution in [3.05, 3.63) is 63.0 Å². The molecule has 1 aliphatic carbocycles. The SMILES string of the molecule is CC.CC1=C(COC(=O)c2ccc(N(CCCl)CCCl)c(C)c2)C(=O)c2c([nH]c(C)c2C)C1=O. The smallest absolute Gasteiger partial charge is 0.338 e. The summed E-state index contributed by atoms with van der Waals surface area (Å²) in [6.07, 6.45) is 0. The minimum atomic E-state index is -0.561. The van der Waals surface area contributed by atoms with Crippen LogP contribution in [0, 0.1) is 20.8 Å². The number of alkyl halides is 2. The third-order valence-electron chi connectivity index (χ3n) is 5.85. The summed E-state index contributed by atoms with van der Waals surface area (Å²) in [4.78, 5) is 43.4. The number of benzene rings is 1. The van der Waals surface area contributed by atoms with Gasteiger partial charge in [-0.15, -0.1) is 23.2 Å². The molecule has 0 bridgehead atoms. The largest absolute Gasteiger partial charge is 0.457 e. The van der Waals surface area contributed by atoms with Crippen LogP contribution in [0.1, 0.15) is 68.8 Å². The second-order valence-electron chi connectivity index (χ2n) is 7.83. The molecule has 184 valence electrons. The van der Waals surface area contributed by atoms with Gasteiger partial charge in [0.05, 0.1) is 16.8 Å². The molecule has 2 aromatic rings. The second kappa shape index (κ2) is 12.2. The lowest BCUT2D eigenvalue weighted by molar-refractivity contribution is 0.0534. The molecule has 1 N–H and O–H groups in total. The van der Waals surface area contributed by atoms with Crippen molar-refractivity contribution in [1.29, 1.82) is 0 Å². The van der Waals surface area contributed by atoms with Crippen LogP contribution in [-0.4, -0.2) is 54.0 Å². The third kappa shape index (κ3) is 5.56. The lowest BCUT2D eigenvalue weighted by atomic mass is 9.87. The molecule has 1 heterocycles. The normalized spacial score (nSPS) is 12.8. The van der Waals surface area contributed by atoms with Crippen LogP contribution in [0.2, 0.25) is 0 Å². The van der Waals surface area contributed by atoms with Crippen LogP contribution in [0.25, 0.3) is 0 Å². The number of aromatic amines is 1. The summed E-state index contributed by atoms with van der Waals surface area (Å²) in [5.41, 5.74) is 4.88. The Kier molecular flexibility index (Phi) is 9.95. The Labute approximate surface area is 211 Å². The van der Waals surface area contributed by atoms with E-state index in [0.717, 1.165) is 22.5 Å². The summed E-state index contributed by atoms with van der Waals surface area (Å²) >= 11 is 11.8. The van der Waals surface area contributed by atoms with Crippen LogP contribution in [-0.2, 0) is 4.74 Å². The average molecular weight is 507 g/mol. The highest BCUT2D eigenvalue weighted by Crippen LogP contribution is 2.30. The van der Waals surface area contributed by atoms with E-state index in [-0.39, 0.29) is 23.7 Å². The van der Waals surface area contributed by atoms with Gasteiger partial charge in [0.25, 0.3) is 0 Å². The summed E-state index contributed by atoms with van der Waals surface area (Å²) in [6.45, 7) is 12.1. The molecule has 0 atom stereocenters. The Morgan fingerprint density at radius 1 is 1.00 bits per heavy atom. The second-order valence-corrected chi connectivity index (χ2v) is 8.59. The Bertz CT molecular complexity index is 1110. The molecule has 1 aliphatic rings. The summed E-state index contributed by atoms with van der Waals surface area (Å²) in [7, 11) is 0. The zero-order valence-electron chi connectivity index (χ0n) is 20.6. The Balaban J connectivity index is 0.00000199. The first-order valence-electron chi connectivity index (χ1n) is 11.3. The van der Waals surface area contributed by atoms with Crippen molar-refractivity contribution in [2.45, 2.75) is 41.5 Å². The van der Waals surface area contributed by atoms with E-state index in [2.05, 4.69) is 9.88 Å². The first kappa shape index (κ1) is 27.7. The van der Waals surface area contributed by atoms with Gasteiger partial charge in [-0.05, 0) is 57.0 Å². The molecule has 0 unspecified atom stereocenters. The van der Waals surface area contributed by atoms with Crippen molar-refractivity contribution in [2.75, 3.05) is 36.4 Å². The Morgan fingerprint density at radius 3 is 2.18 bits per heavy atom. The quantitative estimate of drug-likeness (QED) is 0.361. The highest BCUT2D eigenvalue weighted by atomic mass is 35.5. The number of Topliss-reactive ketones (excluding diaryl/α,β-unsaturated/α-hetero) is 2. The number of carbonyl (C=O) groups excluding carboxylic acids is 3. The summed E-state index contributed by atoms with van der Waals surface area (Å²) in [6, 6.07) is 5.25. The van der Waals surface area contributed by atoms with Crippen LogP contribution in [0.5, 0.6) is 0 Å². The maximum Gasteiger partial charge on any atom is 0.338 e. The summed E-state index contributed by atoms with van der Waals surface area (Å²) < 4.78 is 5.43. The van der Waals surface area contributed by atoms with Gasteiger partial charge in [0.1, 0.15) is 6.61 Å². The van der Waals surface area contributed by atoms with Gasteiger partial charge in [-0.25, -0.2) is 4.79 Å². The predicted molar refractivity (Wildman–Crippen MR) is 138 cm³/mol. The van der Waals surface area contributed by atoms with Crippen LogP contribution in [0.15, 0.2) is 29.3 Å². The first-order chi connectivity index (χ1) is 16.2. The van der Waals surface area contributed by atoms with Crippen molar-refractivity contribution in [1.82, 2.24) is 4.98 Å². The van der Waals surface area contributed by atoms with Crippen LogP contribution in [0.3, 0.4) is 0 Å². The van der Waals surface area contributed by atoms with E-state index < -0.39 is 5.97 Å². The molecule has 0 fully saturated rings. The van der Waals surface area contributed by atoms with Crippen molar-refractivity contribution in [2.24, 2.45) is 0 Å². The number of nitrogens with one attached hydrogen (secondary N) is 1. The number of ketones is 2. The number of carbonyl (C=O) groups is 3. The molecule has 0 saturated carbocycles. The number of H-pyrrole nitrogens is 1. The molecule has 8 heteroatoms. The molecular weight excluding hydrogens is 475 g/mol. The third-order valence-corrected chi connectivity index (χ3v) is 6.19. The number of hydrogen-bond acceptors (Lipinski definition) is 5. The predicted octanol–water partition coefficient (Wildman–Crippen LogP) is 5.80. The number of nitrogens with zero attached hydrogens (tertiary/aromatic N) is 1. The van der Waals surface area contributed by atoms with Crippen molar-refractivity contribution >= 4 is 46.4 Å². The molecular formula is C26H32Cl2N2O4. The maximum absolute atomic E-state index is 13.0. The van der Waals surface area contributed by atoms with E-state index in [0.29, 0.717) is 47.2 Å². The molecule has 3 rings (SSSR count). The van der Waals surface area contributed by atoms with Gasteiger partial charge in [-0.2, -0.15) is 0 Å². The highest BCUT2D eigenvalue weighted by Gasteiger charge is 2.34. The minimum absolute atomic E-state index is 0.210. The lowest BCUT2D eigenvalue weighted by Gasteiger charge is -2.25. The number of aryl methyl sites for hydroxylation is 2. The Hall–Kier alpha value is -2.57. The van der Waals surface area contributed by atoms with Gasteiger partial charge >= 0.3 is 5.97 Å². The molecule has 0 aliphatic heterocycles. The molecule has 1 aromatic carbocycles. The molecule has 0 amide bonds. The summed E-state index contributed by atoms with van der Waals surface area (Å²) in [5.74, 6) is -0.169. The van der Waals surface area contributed by atoms with Gasteiger partial charge in [0, 0.05) is 47.4 Å². The van der Waals surface area contributed by atoms with E-state index >= 15 is 0 Å². The zero-order valence-corrected chi connectivity index (χ0v) is 22.1. The first-order valence-corrected chi connectivity index (χ1v) is 12.4. The number of anilines is 1. The fourth-order valence-corrected chi connectivity index (χ4v) is 4.32. The molecule has 0 radical (unpaired) electrons. The van der Waals surface area contributed by atoms with Gasteiger partial charge in [-0.1, -0.05) is 13.8 Å². The number of esters is 1. The fourth-order valence-electron chi connectivity index (χ4n) is 3.91. The van der Waals surface area contributed by atoms with Crippen molar-refractivity contribution < 1.29 is 19.1 Å². The van der Waals surface area contributed by atoms with E-state index in [4.69, 9.17) is 27.9 Å². The van der Waals surface area contributed by atoms with Gasteiger partial charge in [0.2, 0.25) is 5.78 Å². The standard InChI is InChI=1S/C24H26Cl2N2O4.C2H6/c1-13-11-17(5-6-19(13)28(9-7-25)10-8-26)24(31)32-12-18-15(3)22(29)21-20(23(18)30)14(2)16(4)27-21;1-2/h5-6,11,27H,7-10,12H2,1-4H3;1-2H3. The number of halogens is 2. The average Bonchev–Trinajstić information content (AvgIpc) is 3.13. The monoisotopic (exact) mass is 506 g/mol. The zero-order chi connectivity index (χ0) is 25.6. The van der Waals surface area contributed by atoms with E-state index in [1.807, 2.05) is 33.8 Å². The molecule has 0 saturated heterocycles. The molecule has 0 spiro atoms. The number of hydrogen-bond donors (Lipinski definition) is 1. The van der Waals surface area contributed by atoms with E-state index in [1.54, 1.807) is 26.0 Å². The number of allylic oxidation sites excluding steroid dienone is 1. The van der Waals surface area contributed by atoms with E-state index in [1.165, 1.54) is 0 Å². The van der Waals surface area contributed by atoms with E-state index in [9.17, 15) is 14.4 Å². The van der Waals surface area contributed by atoms with Crippen LogP contribution in [0.4, 0.5) is 5.69 Å². The van der Waals surface area contributed by atoms with Crippen molar-refractivity contribution in [3.8, 4) is 0 Å². The lowest BCUT2D eigenvalue weighted by Crippen LogP contribution is -2.28. The topological polar surface area (TPSA) is 79.5 Å². The number of ether oxygens (including phenoxy) is 1. The Morgan fingerprint density at radius 2 is 1.62 bits per heavy atom. The van der Waals surface area contributed by atoms with Crippen molar-refractivity contribution in [3.63, 3.8) is 0 Å². The van der Waals surface area contributed by atoms with Gasteiger partial charge < -0.3 is 14.6 Å². The summed E-state index contributed by atoms with van der Waals surface area (Å²) in [5, 5.41) is 0.